The lowest BCUT2D eigenvalue weighted by atomic mass is 10.3. The Morgan fingerprint density at radius 1 is 1.47 bits per heavy atom. The van der Waals surface area contributed by atoms with Crippen LogP contribution in [0, 0.1) is 0 Å². The summed E-state index contributed by atoms with van der Waals surface area (Å²) in [5.74, 6) is -0.688. The van der Waals surface area contributed by atoms with E-state index in [1.807, 2.05) is 0 Å². The third-order valence-corrected chi connectivity index (χ3v) is 5.18. The first-order chi connectivity index (χ1) is 8.50. The van der Waals surface area contributed by atoms with Gasteiger partial charge in [-0.05, 0) is 6.07 Å². The zero-order valence-electron chi connectivity index (χ0n) is 9.57. The minimum absolute atomic E-state index is 0.00565. The summed E-state index contributed by atoms with van der Waals surface area (Å²) in [7, 11) is 2.36. The van der Waals surface area contributed by atoms with Crippen LogP contribution in [0.5, 0.6) is 0 Å². The third kappa shape index (κ3) is 5.00. The van der Waals surface area contributed by atoms with E-state index in [-0.39, 0.29) is 9.77 Å². The monoisotopic (exact) mass is 335 g/mol. The van der Waals surface area contributed by atoms with Crippen LogP contribution in [-0.4, -0.2) is 39.0 Å². The average molecular weight is 336 g/mol. The molecule has 1 heterocycles. The Bertz CT molecular complexity index is 568. The SMILES string of the molecule is CN(CCC(F)(F)F)C(=O)c1csc(S(=O)(=O)Cl)c1. The maximum Gasteiger partial charge on any atom is 0.390 e. The van der Waals surface area contributed by atoms with Crippen LogP contribution < -0.4 is 0 Å². The fourth-order valence-electron chi connectivity index (χ4n) is 1.17. The van der Waals surface area contributed by atoms with Crippen molar-refractivity contribution in [3.63, 3.8) is 0 Å². The number of carbonyl (C=O) groups excluding carboxylic acids is 1. The Kier molecular flexibility index (Phi) is 4.86. The number of amides is 1. The van der Waals surface area contributed by atoms with Gasteiger partial charge in [-0.25, -0.2) is 8.42 Å². The normalized spacial score (nSPS) is 12.5. The quantitative estimate of drug-likeness (QED) is 0.795. The highest BCUT2D eigenvalue weighted by Crippen LogP contribution is 2.25. The molecule has 0 fully saturated rings. The first kappa shape index (κ1) is 16.3. The first-order valence-electron chi connectivity index (χ1n) is 4.86. The van der Waals surface area contributed by atoms with Crippen molar-refractivity contribution in [1.29, 1.82) is 0 Å². The van der Waals surface area contributed by atoms with Gasteiger partial charge in [0.15, 0.2) is 0 Å². The number of alkyl halides is 3. The highest BCUT2D eigenvalue weighted by Gasteiger charge is 2.28. The molecule has 1 amide bonds. The second-order valence-electron chi connectivity index (χ2n) is 3.68. The largest absolute Gasteiger partial charge is 0.390 e. The van der Waals surface area contributed by atoms with Crippen molar-refractivity contribution in [3.05, 3.63) is 17.0 Å². The van der Waals surface area contributed by atoms with E-state index in [9.17, 15) is 26.4 Å². The fourth-order valence-corrected chi connectivity index (χ4v) is 3.11. The van der Waals surface area contributed by atoms with Gasteiger partial charge < -0.3 is 4.90 Å². The number of carbonyl (C=O) groups is 1. The van der Waals surface area contributed by atoms with Crippen molar-refractivity contribution < 1.29 is 26.4 Å². The Balaban J connectivity index is 2.75. The molecule has 0 radical (unpaired) electrons. The van der Waals surface area contributed by atoms with E-state index in [1.165, 1.54) is 12.4 Å². The number of rotatable bonds is 4. The van der Waals surface area contributed by atoms with Crippen LogP contribution in [0.4, 0.5) is 13.2 Å². The number of hydrogen-bond donors (Lipinski definition) is 0. The third-order valence-electron chi connectivity index (χ3n) is 2.14. The lowest BCUT2D eigenvalue weighted by Crippen LogP contribution is -2.30. The van der Waals surface area contributed by atoms with Crippen molar-refractivity contribution in [3.8, 4) is 0 Å². The predicted octanol–water partition coefficient (Wildman–Crippen LogP) is 2.70. The number of hydrogen-bond acceptors (Lipinski definition) is 4. The van der Waals surface area contributed by atoms with Crippen LogP contribution in [-0.2, 0) is 9.05 Å². The Labute approximate surface area is 116 Å². The molecule has 1 rings (SSSR count). The summed E-state index contributed by atoms with van der Waals surface area (Å²) in [6.45, 7) is -0.499. The molecule has 19 heavy (non-hydrogen) atoms. The van der Waals surface area contributed by atoms with Gasteiger partial charge in [-0.2, -0.15) is 13.2 Å². The second kappa shape index (κ2) is 5.68. The summed E-state index contributed by atoms with van der Waals surface area (Å²) in [4.78, 5) is 12.6. The van der Waals surface area contributed by atoms with Crippen LogP contribution in [0.3, 0.4) is 0 Å². The molecule has 0 spiro atoms. The van der Waals surface area contributed by atoms with Crippen molar-refractivity contribution in [2.45, 2.75) is 16.8 Å². The molecule has 0 saturated carbocycles. The van der Waals surface area contributed by atoms with Gasteiger partial charge in [0.1, 0.15) is 4.21 Å². The van der Waals surface area contributed by atoms with E-state index in [2.05, 4.69) is 0 Å². The van der Waals surface area contributed by atoms with Gasteiger partial charge in [-0.15, -0.1) is 11.3 Å². The maximum absolute atomic E-state index is 12.0. The van der Waals surface area contributed by atoms with E-state index in [0.29, 0.717) is 0 Å². The molecule has 0 atom stereocenters. The van der Waals surface area contributed by atoms with E-state index >= 15 is 0 Å². The van der Waals surface area contributed by atoms with Crippen LogP contribution in [0.15, 0.2) is 15.7 Å². The Morgan fingerprint density at radius 3 is 2.47 bits per heavy atom. The lowest BCUT2D eigenvalue weighted by Gasteiger charge is -2.17. The Morgan fingerprint density at radius 2 is 2.05 bits per heavy atom. The molecule has 0 bridgehead atoms. The molecule has 0 aromatic carbocycles. The minimum Gasteiger partial charge on any atom is -0.341 e. The summed E-state index contributed by atoms with van der Waals surface area (Å²) in [5, 5.41) is 1.24. The molecule has 0 aliphatic heterocycles. The molecule has 0 unspecified atom stereocenters. The molecule has 0 aliphatic rings. The zero-order chi connectivity index (χ0) is 14.8. The second-order valence-corrected chi connectivity index (χ2v) is 7.39. The van der Waals surface area contributed by atoms with Gasteiger partial charge in [-0.3, -0.25) is 4.79 Å². The van der Waals surface area contributed by atoms with Gasteiger partial charge in [0.2, 0.25) is 0 Å². The number of nitrogens with zero attached hydrogens (tertiary/aromatic N) is 1. The molecule has 4 nitrogen and oxygen atoms in total. The van der Waals surface area contributed by atoms with Crippen LogP contribution >= 0.6 is 22.0 Å². The molecule has 0 aliphatic carbocycles. The van der Waals surface area contributed by atoms with Crippen LogP contribution in [0.25, 0.3) is 0 Å². The smallest absolute Gasteiger partial charge is 0.341 e. The van der Waals surface area contributed by atoms with Crippen molar-refractivity contribution in [1.82, 2.24) is 4.90 Å². The van der Waals surface area contributed by atoms with Gasteiger partial charge >= 0.3 is 6.18 Å². The molecule has 1 aromatic rings. The summed E-state index contributed by atoms with van der Waals surface area (Å²) in [5.41, 5.74) is -0.00565. The standard InChI is InChI=1S/C9H9ClF3NO3S2/c1-14(3-2-9(11,12)13)8(15)6-4-7(18-5-6)19(10,16)17/h4-5H,2-3H2,1H3. The topological polar surface area (TPSA) is 54.5 Å². The predicted molar refractivity (Wildman–Crippen MR) is 65.0 cm³/mol. The van der Waals surface area contributed by atoms with Crippen molar-refractivity contribution in [2.24, 2.45) is 0 Å². The minimum atomic E-state index is -4.35. The lowest BCUT2D eigenvalue weighted by molar-refractivity contribution is -0.136. The molecule has 10 heteroatoms. The Hall–Kier alpha value is -0.800. The van der Waals surface area contributed by atoms with Crippen molar-refractivity contribution >= 4 is 37.0 Å². The highest BCUT2D eigenvalue weighted by atomic mass is 35.7. The maximum atomic E-state index is 12.0. The highest BCUT2D eigenvalue weighted by molar-refractivity contribution is 8.15. The first-order valence-corrected chi connectivity index (χ1v) is 8.05. The number of halogens is 4. The fraction of sp³-hybridized carbons (Fsp3) is 0.444. The summed E-state index contributed by atoms with van der Waals surface area (Å²) < 4.78 is 57.8. The summed E-state index contributed by atoms with van der Waals surface area (Å²) in [6.07, 6.45) is -5.48. The van der Waals surface area contributed by atoms with Crippen LogP contribution in [0.2, 0.25) is 0 Å². The van der Waals surface area contributed by atoms with E-state index in [0.717, 1.165) is 22.3 Å². The van der Waals surface area contributed by atoms with Gasteiger partial charge in [-0.1, -0.05) is 0 Å². The molecule has 1 aromatic heterocycles. The van der Waals surface area contributed by atoms with E-state index in [1.54, 1.807) is 0 Å². The van der Waals surface area contributed by atoms with Crippen molar-refractivity contribution in [2.75, 3.05) is 13.6 Å². The molecule has 0 N–H and O–H groups in total. The summed E-state index contributed by atoms with van der Waals surface area (Å²) in [6, 6.07) is 1.04. The van der Waals surface area contributed by atoms with Gasteiger partial charge in [0.05, 0.1) is 12.0 Å². The van der Waals surface area contributed by atoms with Crippen LogP contribution in [0.1, 0.15) is 16.8 Å². The van der Waals surface area contributed by atoms with E-state index < -0.39 is 34.1 Å². The average Bonchev–Trinajstić information content (AvgIpc) is 2.72. The summed E-state index contributed by atoms with van der Waals surface area (Å²) >= 11 is 0.736. The number of thiophene rings is 1. The molecule has 0 saturated heterocycles. The van der Waals surface area contributed by atoms with Gasteiger partial charge in [0, 0.05) is 29.7 Å². The zero-order valence-corrected chi connectivity index (χ0v) is 12.0. The van der Waals surface area contributed by atoms with Gasteiger partial charge in [0.25, 0.3) is 15.0 Å². The molecular weight excluding hydrogens is 327 g/mol. The van der Waals surface area contributed by atoms with E-state index in [4.69, 9.17) is 10.7 Å². The molecular formula is C9H9ClF3NO3S2. The molecule has 108 valence electrons.